The van der Waals surface area contributed by atoms with Crippen LogP contribution in [-0.2, 0) is 20.1 Å². The number of nitrogens with one attached hydrogen (secondary N) is 1. The number of aryl methyl sites for hydroxylation is 2. The fraction of sp³-hybridized carbons (Fsp3) is 0.529. The van der Waals surface area contributed by atoms with Gasteiger partial charge in [-0.3, -0.25) is 4.99 Å². The van der Waals surface area contributed by atoms with Gasteiger partial charge in [-0.25, -0.2) is 4.98 Å². The molecular formula is C17H28IN5S. The molecule has 0 saturated carbocycles. The minimum absolute atomic E-state index is 0. The number of halogens is 1. The predicted octanol–water partition coefficient (Wildman–Crippen LogP) is 3.74. The topological polar surface area (TPSA) is 45.5 Å². The van der Waals surface area contributed by atoms with Crippen LogP contribution in [0.4, 0.5) is 0 Å². The van der Waals surface area contributed by atoms with E-state index in [-0.39, 0.29) is 24.0 Å². The van der Waals surface area contributed by atoms with Crippen molar-refractivity contribution in [3.8, 4) is 0 Å². The van der Waals surface area contributed by atoms with Gasteiger partial charge in [0.05, 0.1) is 18.8 Å². The molecule has 1 N–H and O–H groups in total. The number of rotatable bonds is 5. The molecular weight excluding hydrogens is 433 g/mol. The molecule has 2 rings (SSSR count). The maximum Gasteiger partial charge on any atom is 0.194 e. The molecule has 0 fully saturated rings. The van der Waals surface area contributed by atoms with Crippen molar-refractivity contribution in [1.82, 2.24) is 19.8 Å². The second kappa shape index (κ2) is 9.41. The van der Waals surface area contributed by atoms with E-state index in [1.54, 1.807) is 11.3 Å². The number of hydrogen-bond donors (Lipinski definition) is 1. The van der Waals surface area contributed by atoms with Crippen LogP contribution in [0.5, 0.6) is 0 Å². The highest BCUT2D eigenvalue weighted by Gasteiger charge is 2.13. The third-order valence-corrected chi connectivity index (χ3v) is 4.83. The number of thiazole rings is 1. The van der Waals surface area contributed by atoms with Crippen molar-refractivity contribution in [3.05, 3.63) is 39.6 Å². The Labute approximate surface area is 166 Å². The molecule has 7 heteroatoms. The molecule has 2 heterocycles. The van der Waals surface area contributed by atoms with Gasteiger partial charge in [-0.05, 0) is 25.0 Å². The Hall–Kier alpha value is -1.09. The van der Waals surface area contributed by atoms with Crippen LogP contribution in [0.25, 0.3) is 0 Å². The van der Waals surface area contributed by atoms with E-state index in [0.29, 0.717) is 12.5 Å². The van der Waals surface area contributed by atoms with Crippen molar-refractivity contribution < 1.29 is 0 Å². The number of nitrogens with zero attached hydrogens (tertiary/aromatic N) is 4. The Morgan fingerprint density at radius 1 is 1.46 bits per heavy atom. The first-order valence-corrected chi connectivity index (χ1v) is 8.72. The van der Waals surface area contributed by atoms with Crippen LogP contribution in [0.2, 0.25) is 0 Å². The Bertz CT molecular complexity index is 674. The predicted molar refractivity (Wildman–Crippen MR) is 113 cm³/mol. The molecule has 2 aromatic rings. The third-order valence-electron chi connectivity index (χ3n) is 3.85. The monoisotopic (exact) mass is 461 g/mol. The molecule has 134 valence electrons. The summed E-state index contributed by atoms with van der Waals surface area (Å²) < 4.78 is 2.13. The summed E-state index contributed by atoms with van der Waals surface area (Å²) in [5.74, 6) is 1.35. The summed E-state index contributed by atoms with van der Waals surface area (Å²) in [5.41, 5.74) is 2.46. The molecule has 0 aliphatic carbocycles. The van der Waals surface area contributed by atoms with Crippen LogP contribution < -0.4 is 5.32 Å². The Kier molecular flexibility index (Phi) is 8.21. The summed E-state index contributed by atoms with van der Waals surface area (Å²) in [5, 5.41) is 4.52. The maximum absolute atomic E-state index is 4.74. The average molecular weight is 461 g/mol. The summed E-state index contributed by atoms with van der Waals surface area (Å²) in [6.45, 7) is 8.05. The molecule has 5 nitrogen and oxygen atoms in total. The lowest BCUT2D eigenvalue weighted by Crippen LogP contribution is -2.38. The molecule has 24 heavy (non-hydrogen) atoms. The smallest absolute Gasteiger partial charge is 0.194 e. The second-order valence-corrected chi connectivity index (χ2v) is 7.36. The number of aliphatic imine (C=N–C) groups is 1. The van der Waals surface area contributed by atoms with Gasteiger partial charge in [-0.2, -0.15) is 0 Å². The first-order valence-electron chi connectivity index (χ1n) is 7.90. The van der Waals surface area contributed by atoms with E-state index in [1.807, 2.05) is 7.05 Å². The Balaban J connectivity index is 0.00000288. The van der Waals surface area contributed by atoms with Crippen LogP contribution in [0.3, 0.4) is 0 Å². The van der Waals surface area contributed by atoms with Gasteiger partial charge in [0.25, 0.3) is 0 Å². The van der Waals surface area contributed by atoms with E-state index in [9.17, 15) is 0 Å². The second-order valence-electron chi connectivity index (χ2n) is 6.07. The first-order chi connectivity index (χ1) is 10.9. The largest absolute Gasteiger partial charge is 0.353 e. The van der Waals surface area contributed by atoms with E-state index in [4.69, 9.17) is 4.98 Å². The zero-order valence-corrected chi connectivity index (χ0v) is 18.5. The van der Waals surface area contributed by atoms with Crippen molar-refractivity contribution in [1.29, 1.82) is 0 Å². The highest BCUT2D eigenvalue weighted by Crippen LogP contribution is 2.23. The van der Waals surface area contributed by atoms with Gasteiger partial charge < -0.3 is 14.8 Å². The lowest BCUT2D eigenvalue weighted by molar-refractivity contribution is 0.461. The molecule has 2 aromatic heterocycles. The molecule has 0 aliphatic heterocycles. The molecule has 0 aliphatic rings. The number of guanidine groups is 1. The minimum atomic E-state index is 0. The third kappa shape index (κ3) is 5.20. The van der Waals surface area contributed by atoms with E-state index in [2.05, 4.69) is 73.0 Å². The molecule has 0 saturated heterocycles. The van der Waals surface area contributed by atoms with Crippen molar-refractivity contribution in [2.75, 3.05) is 14.1 Å². The fourth-order valence-corrected chi connectivity index (χ4v) is 3.62. The average Bonchev–Trinajstić information content (AvgIpc) is 3.06. The highest BCUT2D eigenvalue weighted by atomic mass is 127. The lowest BCUT2D eigenvalue weighted by atomic mass is 10.1. The molecule has 0 aromatic carbocycles. The molecule has 0 unspecified atom stereocenters. The van der Waals surface area contributed by atoms with Gasteiger partial charge in [0.1, 0.15) is 5.01 Å². The molecule has 0 radical (unpaired) electrons. The van der Waals surface area contributed by atoms with Gasteiger partial charge >= 0.3 is 0 Å². The maximum atomic E-state index is 4.74. The zero-order chi connectivity index (χ0) is 17.0. The summed E-state index contributed by atoms with van der Waals surface area (Å²) >= 11 is 1.76. The van der Waals surface area contributed by atoms with Crippen LogP contribution >= 0.6 is 35.3 Å². The summed E-state index contributed by atoms with van der Waals surface area (Å²) in [6.07, 6.45) is 2.06. The summed E-state index contributed by atoms with van der Waals surface area (Å²) in [6, 6.07) is 4.19. The zero-order valence-electron chi connectivity index (χ0n) is 15.3. The van der Waals surface area contributed by atoms with Crippen molar-refractivity contribution >= 4 is 41.3 Å². The standard InChI is InChI=1S/C17H27N5S.HI/c1-12(2)16-13(3)23-15(20-16)10-19-17(18-4)22(6)11-14-8-7-9-21(14)5;/h7-9,12H,10-11H2,1-6H3,(H,18,19);1H. The molecule has 0 spiro atoms. The van der Waals surface area contributed by atoms with Crippen LogP contribution in [-0.4, -0.2) is 34.5 Å². The van der Waals surface area contributed by atoms with Crippen molar-refractivity contribution in [2.24, 2.45) is 12.0 Å². The van der Waals surface area contributed by atoms with E-state index in [1.165, 1.54) is 16.3 Å². The van der Waals surface area contributed by atoms with Crippen molar-refractivity contribution in [2.45, 2.75) is 39.8 Å². The first kappa shape index (κ1) is 21.0. The number of hydrogen-bond acceptors (Lipinski definition) is 3. The molecule has 0 amide bonds. The van der Waals surface area contributed by atoms with E-state index >= 15 is 0 Å². The normalized spacial score (nSPS) is 11.5. The van der Waals surface area contributed by atoms with Gasteiger partial charge in [0.2, 0.25) is 0 Å². The van der Waals surface area contributed by atoms with Gasteiger partial charge in [-0.15, -0.1) is 35.3 Å². The van der Waals surface area contributed by atoms with Gasteiger partial charge in [-0.1, -0.05) is 13.8 Å². The summed E-state index contributed by atoms with van der Waals surface area (Å²) in [4.78, 5) is 12.6. The molecule has 0 bridgehead atoms. The Morgan fingerprint density at radius 3 is 2.67 bits per heavy atom. The van der Waals surface area contributed by atoms with Crippen LogP contribution in [0.1, 0.15) is 41.0 Å². The summed E-state index contributed by atoms with van der Waals surface area (Å²) in [7, 11) is 5.93. The van der Waals surface area contributed by atoms with E-state index in [0.717, 1.165) is 17.5 Å². The SMILES string of the molecule is CN=C(NCc1nc(C(C)C)c(C)s1)N(C)Cc1cccn1C.I. The number of aromatic nitrogens is 2. The van der Waals surface area contributed by atoms with Gasteiger partial charge in [0.15, 0.2) is 5.96 Å². The quantitative estimate of drug-likeness (QED) is 0.419. The van der Waals surface area contributed by atoms with Gasteiger partial charge in [0, 0.05) is 37.9 Å². The van der Waals surface area contributed by atoms with Crippen LogP contribution in [0, 0.1) is 6.92 Å². The highest BCUT2D eigenvalue weighted by molar-refractivity contribution is 14.0. The van der Waals surface area contributed by atoms with E-state index < -0.39 is 0 Å². The lowest BCUT2D eigenvalue weighted by Gasteiger charge is -2.22. The Morgan fingerprint density at radius 2 is 2.17 bits per heavy atom. The van der Waals surface area contributed by atoms with Crippen LogP contribution in [0.15, 0.2) is 23.3 Å². The van der Waals surface area contributed by atoms with Crippen molar-refractivity contribution in [3.63, 3.8) is 0 Å². The molecule has 0 atom stereocenters. The fourth-order valence-electron chi connectivity index (χ4n) is 2.59. The minimum Gasteiger partial charge on any atom is -0.353 e.